The number of halogens is 3. The monoisotopic (exact) mass is 258 g/mol. The third-order valence-corrected chi connectivity index (χ3v) is 2.93. The average Bonchev–Trinajstić information content (AvgIpc) is 2.71. The molecule has 0 unspecified atom stereocenters. The molecule has 98 valence electrons. The highest BCUT2D eigenvalue weighted by Crippen LogP contribution is 2.38. The zero-order chi connectivity index (χ0) is 13.3. The summed E-state index contributed by atoms with van der Waals surface area (Å²) < 4.78 is 43.6. The van der Waals surface area contributed by atoms with Gasteiger partial charge in [-0.05, 0) is 23.8 Å². The molecule has 0 fully saturated rings. The highest BCUT2D eigenvalue weighted by molar-refractivity contribution is 5.85. The van der Waals surface area contributed by atoms with Crippen LogP contribution >= 0.6 is 0 Å². The van der Waals surface area contributed by atoms with Crippen LogP contribution in [0.3, 0.4) is 0 Å². The summed E-state index contributed by atoms with van der Waals surface area (Å²) >= 11 is 0. The lowest BCUT2D eigenvalue weighted by atomic mass is 9.98. The molecule has 0 amide bonds. The lowest BCUT2D eigenvalue weighted by molar-refractivity contribution is -0.147. The van der Waals surface area contributed by atoms with Gasteiger partial charge in [-0.25, -0.2) is 0 Å². The van der Waals surface area contributed by atoms with Crippen molar-refractivity contribution in [3.8, 4) is 5.75 Å². The Kier molecular flexibility index (Phi) is 3.21. The Labute approximate surface area is 102 Å². The number of methoxy groups -OCH3 is 1. The zero-order valence-corrected chi connectivity index (χ0v) is 9.71. The van der Waals surface area contributed by atoms with Gasteiger partial charge in [0.05, 0.1) is 13.0 Å². The molecule has 18 heavy (non-hydrogen) atoms. The van der Waals surface area contributed by atoms with Crippen molar-refractivity contribution < 1.29 is 17.9 Å². The highest BCUT2D eigenvalue weighted by atomic mass is 19.4. The molecule has 0 aliphatic carbocycles. The van der Waals surface area contributed by atoms with E-state index in [0.717, 1.165) is 0 Å². The maximum Gasteiger partial charge on any atom is 0.397 e. The SMILES string of the molecule is COc1ccc2[nH]cc([C@@H](CN)C(F)(F)F)c2c1. The molecule has 0 spiro atoms. The number of nitrogens with one attached hydrogen (secondary N) is 1. The fourth-order valence-electron chi connectivity index (χ4n) is 1.97. The van der Waals surface area contributed by atoms with Gasteiger partial charge in [0, 0.05) is 23.6 Å². The first-order valence-electron chi connectivity index (χ1n) is 5.39. The van der Waals surface area contributed by atoms with Crippen molar-refractivity contribution in [3.63, 3.8) is 0 Å². The highest BCUT2D eigenvalue weighted by Gasteiger charge is 2.40. The van der Waals surface area contributed by atoms with Crippen LogP contribution in [0.25, 0.3) is 10.9 Å². The van der Waals surface area contributed by atoms with Crippen LogP contribution in [-0.2, 0) is 0 Å². The smallest absolute Gasteiger partial charge is 0.397 e. The van der Waals surface area contributed by atoms with E-state index < -0.39 is 18.6 Å². The third-order valence-electron chi connectivity index (χ3n) is 2.93. The van der Waals surface area contributed by atoms with Gasteiger partial charge in [0.1, 0.15) is 5.75 Å². The number of aromatic nitrogens is 1. The number of nitrogens with two attached hydrogens (primary N) is 1. The molecule has 1 atom stereocenters. The molecule has 3 nitrogen and oxygen atoms in total. The van der Waals surface area contributed by atoms with Gasteiger partial charge in [0.25, 0.3) is 0 Å². The van der Waals surface area contributed by atoms with Crippen molar-refractivity contribution in [1.29, 1.82) is 0 Å². The van der Waals surface area contributed by atoms with Crippen molar-refractivity contribution in [1.82, 2.24) is 4.98 Å². The Hall–Kier alpha value is -1.69. The van der Waals surface area contributed by atoms with Gasteiger partial charge >= 0.3 is 6.18 Å². The number of alkyl halides is 3. The molecule has 0 aliphatic rings. The van der Waals surface area contributed by atoms with E-state index in [1.165, 1.54) is 13.3 Å². The number of benzene rings is 1. The first kappa shape index (κ1) is 12.8. The minimum Gasteiger partial charge on any atom is -0.497 e. The fourth-order valence-corrected chi connectivity index (χ4v) is 1.97. The van der Waals surface area contributed by atoms with Crippen molar-refractivity contribution in [3.05, 3.63) is 30.0 Å². The molecular weight excluding hydrogens is 245 g/mol. The number of hydrogen-bond acceptors (Lipinski definition) is 2. The van der Waals surface area contributed by atoms with Gasteiger partial charge in [0.15, 0.2) is 0 Å². The summed E-state index contributed by atoms with van der Waals surface area (Å²) in [5.74, 6) is -1.15. The largest absolute Gasteiger partial charge is 0.497 e. The van der Waals surface area contributed by atoms with E-state index >= 15 is 0 Å². The minimum absolute atomic E-state index is 0.152. The number of ether oxygens (including phenoxy) is 1. The van der Waals surface area contributed by atoms with Crippen molar-refractivity contribution in [2.75, 3.05) is 13.7 Å². The second-order valence-corrected chi connectivity index (χ2v) is 3.99. The quantitative estimate of drug-likeness (QED) is 0.889. The first-order valence-corrected chi connectivity index (χ1v) is 5.39. The summed E-state index contributed by atoms with van der Waals surface area (Å²) in [6, 6.07) is 4.95. The average molecular weight is 258 g/mol. The lowest BCUT2D eigenvalue weighted by Gasteiger charge is -2.17. The summed E-state index contributed by atoms with van der Waals surface area (Å²) in [7, 11) is 1.47. The summed E-state index contributed by atoms with van der Waals surface area (Å²) in [6.45, 7) is -0.479. The topological polar surface area (TPSA) is 51.0 Å². The molecule has 1 heterocycles. The van der Waals surface area contributed by atoms with Crippen molar-refractivity contribution in [2.24, 2.45) is 5.73 Å². The zero-order valence-electron chi connectivity index (χ0n) is 9.71. The van der Waals surface area contributed by atoms with Crippen molar-refractivity contribution >= 4 is 10.9 Å². The molecule has 3 N–H and O–H groups in total. The number of hydrogen-bond donors (Lipinski definition) is 2. The number of H-pyrrole nitrogens is 1. The van der Waals surface area contributed by atoms with E-state index in [1.54, 1.807) is 18.2 Å². The van der Waals surface area contributed by atoms with Crippen LogP contribution in [0, 0.1) is 0 Å². The van der Waals surface area contributed by atoms with Gasteiger partial charge in [-0.15, -0.1) is 0 Å². The van der Waals surface area contributed by atoms with Gasteiger partial charge in [-0.1, -0.05) is 0 Å². The molecule has 0 radical (unpaired) electrons. The number of fused-ring (bicyclic) bond motifs is 1. The summed E-state index contributed by atoms with van der Waals surface area (Å²) in [5.41, 5.74) is 6.03. The molecule has 2 rings (SSSR count). The predicted molar refractivity (Wildman–Crippen MR) is 62.7 cm³/mol. The molecule has 2 aromatic rings. The lowest BCUT2D eigenvalue weighted by Crippen LogP contribution is -2.27. The van der Waals surface area contributed by atoms with Crippen LogP contribution in [0.5, 0.6) is 5.75 Å². The van der Waals surface area contributed by atoms with Crippen LogP contribution < -0.4 is 10.5 Å². The van der Waals surface area contributed by atoms with E-state index in [0.29, 0.717) is 16.7 Å². The number of rotatable bonds is 3. The molecule has 1 aromatic heterocycles. The summed E-state index contributed by atoms with van der Waals surface area (Å²) in [6.07, 6.45) is -3.00. The second kappa shape index (κ2) is 4.53. The van der Waals surface area contributed by atoms with E-state index in [-0.39, 0.29) is 5.56 Å². The molecule has 1 aromatic carbocycles. The Bertz CT molecular complexity index is 548. The van der Waals surface area contributed by atoms with E-state index in [2.05, 4.69) is 4.98 Å². The van der Waals surface area contributed by atoms with Crippen LogP contribution in [0.15, 0.2) is 24.4 Å². The summed E-state index contributed by atoms with van der Waals surface area (Å²) in [5, 5.41) is 0.488. The van der Waals surface area contributed by atoms with Crippen LogP contribution in [0.1, 0.15) is 11.5 Å². The number of aromatic amines is 1. The maximum atomic E-state index is 12.9. The Balaban J connectivity index is 2.56. The van der Waals surface area contributed by atoms with Crippen LogP contribution in [-0.4, -0.2) is 24.8 Å². The fraction of sp³-hybridized carbons (Fsp3) is 0.333. The van der Waals surface area contributed by atoms with Crippen LogP contribution in [0.4, 0.5) is 13.2 Å². The second-order valence-electron chi connectivity index (χ2n) is 3.99. The molecule has 0 saturated heterocycles. The Morgan fingerprint density at radius 1 is 1.39 bits per heavy atom. The molecule has 0 saturated carbocycles. The molecule has 0 bridgehead atoms. The van der Waals surface area contributed by atoms with E-state index in [4.69, 9.17) is 10.5 Å². The van der Waals surface area contributed by atoms with Gasteiger partial charge in [0.2, 0.25) is 0 Å². The minimum atomic E-state index is -4.35. The normalized spacial score (nSPS) is 13.8. The Morgan fingerprint density at radius 2 is 2.11 bits per heavy atom. The van der Waals surface area contributed by atoms with Gasteiger partial charge < -0.3 is 15.5 Å². The molecule has 0 aliphatic heterocycles. The molecule has 6 heteroatoms. The van der Waals surface area contributed by atoms with Crippen LogP contribution in [0.2, 0.25) is 0 Å². The molecular formula is C12H13F3N2O. The van der Waals surface area contributed by atoms with E-state index in [1.807, 2.05) is 0 Å². The maximum absolute atomic E-state index is 12.9. The van der Waals surface area contributed by atoms with Gasteiger partial charge in [-0.2, -0.15) is 13.2 Å². The third kappa shape index (κ3) is 2.15. The van der Waals surface area contributed by atoms with E-state index in [9.17, 15) is 13.2 Å². The standard InChI is InChI=1S/C12H13F3N2O/c1-18-7-2-3-11-8(4-7)9(6-17-11)10(5-16)12(13,14)15/h2-4,6,10,17H,5,16H2,1H3/t10-/m1/s1. The summed E-state index contributed by atoms with van der Waals surface area (Å²) in [4.78, 5) is 2.82. The van der Waals surface area contributed by atoms with Crippen molar-refractivity contribution in [2.45, 2.75) is 12.1 Å². The Morgan fingerprint density at radius 3 is 2.67 bits per heavy atom. The first-order chi connectivity index (χ1) is 8.47. The predicted octanol–water partition coefficient (Wildman–Crippen LogP) is 2.78. The van der Waals surface area contributed by atoms with Gasteiger partial charge in [-0.3, -0.25) is 0 Å².